The number of carbonyl (C=O) groups excluding carboxylic acids is 1. The Bertz CT molecular complexity index is 637. The molecule has 5 heteroatoms. The molecule has 0 N–H and O–H groups in total. The zero-order valence-corrected chi connectivity index (χ0v) is 15.3. The Balaban J connectivity index is 1.99. The van der Waals surface area contributed by atoms with Gasteiger partial charge < -0.3 is 9.47 Å². The van der Waals surface area contributed by atoms with Gasteiger partial charge in [0.15, 0.2) is 5.78 Å². The summed E-state index contributed by atoms with van der Waals surface area (Å²) in [4.78, 5) is 16.3. The van der Waals surface area contributed by atoms with Crippen LogP contribution in [0.3, 0.4) is 0 Å². The molecule has 0 amide bonds. The number of ketones is 1. The normalized spacial score (nSPS) is 16.7. The zero-order valence-electron chi connectivity index (χ0n) is 14.5. The van der Waals surface area contributed by atoms with Crippen LogP contribution in [-0.2, 0) is 13.6 Å². The molecule has 0 spiro atoms. The van der Waals surface area contributed by atoms with Crippen LogP contribution in [0.4, 0.5) is 0 Å². The summed E-state index contributed by atoms with van der Waals surface area (Å²) in [5.41, 5.74) is 4.09. The Hall–Kier alpha value is -1.52. The third-order valence-electron chi connectivity index (χ3n) is 4.68. The molecule has 0 radical (unpaired) electrons. The lowest BCUT2D eigenvalue weighted by molar-refractivity contribution is 0.101. The number of allylic oxidation sites excluding steroid dienone is 2. The number of rotatable bonds is 5. The average Bonchev–Trinajstić information content (AvgIpc) is 2.82. The molecule has 1 aliphatic rings. The van der Waals surface area contributed by atoms with Gasteiger partial charge in [-0.1, -0.05) is 24.3 Å². The molecule has 1 aliphatic heterocycles. The molecule has 2 rings (SSSR count). The van der Waals surface area contributed by atoms with Gasteiger partial charge in [-0.15, -0.1) is 0 Å². The van der Waals surface area contributed by atoms with Crippen LogP contribution in [0.5, 0.6) is 0 Å². The number of carbonyl (C=O) groups is 1. The molecule has 1 aromatic heterocycles. The summed E-state index contributed by atoms with van der Waals surface area (Å²) in [6.45, 7) is 14.4. The van der Waals surface area contributed by atoms with Crippen molar-refractivity contribution in [1.82, 2.24) is 14.4 Å². The number of piperazine rings is 1. The Morgan fingerprint density at radius 1 is 1.35 bits per heavy atom. The summed E-state index contributed by atoms with van der Waals surface area (Å²) in [5.74, 6) is 0.115. The second-order valence-corrected chi connectivity index (χ2v) is 6.51. The molecular formula is C18H26ClN3O. The number of Topliss-reactive ketones (excluding diaryl/α,β-unsaturated/α-hetero) is 1. The van der Waals surface area contributed by atoms with E-state index >= 15 is 0 Å². The van der Waals surface area contributed by atoms with Crippen molar-refractivity contribution in [1.29, 1.82) is 0 Å². The number of aromatic nitrogens is 1. The van der Waals surface area contributed by atoms with E-state index in [2.05, 4.69) is 23.3 Å². The molecule has 1 saturated heterocycles. The van der Waals surface area contributed by atoms with Gasteiger partial charge in [0.2, 0.25) is 0 Å². The molecule has 1 aromatic rings. The maximum Gasteiger partial charge on any atom is 0.176 e. The van der Waals surface area contributed by atoms with E-state index in [0.717, 1.165) is 49.1 Å². The third kappa shape index (κ3) is 3.88. The van der Waals surface area contributed by atoms with Crippen molar-refractivity contribution in [3.63, 3.8) is 0 Å². The number of halogens is 1. The quantitative estimate of drug-likeness (QED) is 0.610. The molecule has 4 nitrogen and oxygen atoms in total. The fourth-order valence-electron chi connectivity index (χ4n) is 2.99. The van der Waals surface area contributed by atoms with E-state index in [4.69, 9.17) is 11.6 Å². The maximum absolute atomic E-state index is 11.7. The van der Waals surface area contributed by atoms with Gasteiger partial charge in [-0.2, -0.15) is 0 Å². The largest absolute Gasteiger partial charge is 0.368 e. The van der Waals surface area contributed by atoms with Crippen molar-refractivity contribution in [2.75, 3.05) is 26.2 Å². The molecule has 0 saturated carbocycles. The van der Waals surface area contributed by atoms with Crippen LogP contribution < -0.4 is 0 Å². The number of nitrogens with zero attached hydrogens (tertiary/aromatic N) is 3. The van der Waals surface area contributed by atoms with E-state index in [1.807, 2.05) is 30.7 Å². The monoisotopic (exact) mass is 335 g/mol. The molecule has 126 valence electrons. The second kappa shape index (κ2) is 7.37. The highest BCUT2D eigenvalue weighted by molar-refractivity contribution is 6.31. The summed E-state index contributed by atoms with van der Waals surface area (Å²) >= 11 is 6.16. The van der Waals surface area contributed by atoms with E-state index in [9.17, 15) is 4.79 Å². The van der Waals surface area contributed by atoms with Crippen LogP contribution in [0.1, 0.15) is 35.6 Å². The van der Waals surface area contributed by atoms with Crippen molar-refractivity contribution in [3.05, 3.63) is 46.4 Å². The van der Waals surface area contributed by atoms with Crippen LogP contribution in [0.15, 0.2) is 29.5 Å². The number of hydrogen-bond donors (Lipinski definition) is 0. The van der Waals surface area contributed by atoms with E-state index in [0.29, 0.717) is 0 Å². The first-order chi connectivity index (χ1) is 10.8. The van der Waals surface area contributed by atoms with Gasteiger partial charge in [-0.3, -0.25) is 9.69 Å². The highest BCUT2D eigenvalue weighted by Gasteiger charge is 2.21. The SMILES string of the molecule is C=C(/C(Cl)=C\C)N1CCN(Cc2cc(C(C)=O)n(C)c2C)CC1. The van der Waals surface area contributed by atoms with Crippen LogP contribution >= 0.6 is 11.6 Å². The van der Waals surface area contributed by atoms with Crippen LogP contribution in [0, 0.1) is 6.92 Å². The summed E-state index contributed by atoms with van der Waals surface area (Å²) < 4.78 is 1.99. The van der Waals surface area contributed by atoms with Gasteiger partial charge in [-0.25, -0.2) is 0 Å². The molecular weight excluding hydrogens is 310 g/mol. The minimum absolute atomic E-state index is 0.115. The van der Waals surface area contributed by atoms with Gasteiger partial charge in [0.05, 0.1) is 10.7 Å². The fraction of sp³-hybridized carbons (Fsp3) is 0.500. The van der Waals surface area contributed by atoms with Gasteiger partial charge in [0, 0.05) is 58.1 Å². The van der Waals surface area contributed by atoms with E-state index in [-0.39, 0.29) is 5.78 Å². The topological polar surface area (TPSA) is 28.5 Å². The first kappa shape index (κ1) is 17.8. The third-order valence-corrected chi connectivity index (χ3v) is 5.11. The molecule has 23 heavy (non-hydrogen) atoms. The van der Waals surface area contributed by atoms with E-state index in [1.54, 1.807) is 6.92 Å². The Morgan fingerprint density at radius 2 is 1.96 bits per heavy atom. The highest BCUT2D eigenvalue weighted by atomic mass is 35.5. The predicted octanol–water partition coefficient (Wildman–Crippen LogP) is 3.31. The number of hydrogen-bond acceptors (Lipinski definition) is 3. The molecule has 1 fully saturated rings. The van der Waals surface area contributed by atoms with Crippen molar-refractivity contribution in [2.45, 2.75) is 27.3 Å². The average molecular weight is 336 g/mol. The minimum Gasteiger partial charge on any atom is -0.368 e. The lowest BCUT2D eigenvalue weighted by Gasteiger charge is -2.36. The van der Waals surface area contributed by atoms with E-state index in [1.165, 1.54) is 11.3 Å². The molecule has 0 atom stereocenters. The summed E-state index contributed by atoms with van der Waals surface area (Å²) in [7, 11) is 1.95. The smallest absolute Gasteiger partial charge is 0.176 e. The molecule has 0 aliphatic carbocycles. The van der Waals surface area contributed by atoms with Crippen LogP contribution in [0.2, 0.25) is 0 Å². The first-order valence-electron chi connectivity index (χ1n) is 7.99. The standard InChI is InChI=1S/C18H26ClN3O/c1-6-17(19)14(3)22-9-7-21(8-10-22)12-16-11-18(15(4)23)20(5)13(16)2/h6,11H,3,7-10,12H2,1-2,4-5H3/b17-6+. The molecule has 0 aromatic carbocycles. The lowest BCUT2D eigenvalue weighted by Crippen LogP contribution is -2.45. The summed E-state index contributed by atoms with van der Waals surface area (Å²) in [5, 5.41) is 0.725. The van der Waals surface area contributed by atoms with Crippen molar-refractivity contribution < 1.29 is 4.79 Å². The molecule has 0 bridgehead atoms. The predicted molar refractivity (Wildman–Crippen MR) is 95.8 cm³/mol. The Morgan fingerprint density at radius 3 is 2.43 bits per heavy atom. The summed E-state index contributed by atoms with van der Waals surface area (Å²) in [6, 6.07) is 2.03. The zero-order chi connectivity index (χ0) is 17.1. The van der Waals surface area contributed by atoms with Crippen LogP contribution in [0.25, 0.3) is 0 Å². The van der Waals surface area contributed by atoms with Gasteiger partial charge >= 0.3 is 0 Å². The Kier molecular flexibility index (Phi) is 5.71. The molecule has 0 unspecified atom stereocenters. The highest BCUT2D eigenvalue weighted by Crippen LogP contribution is 2.21. The van der Waals surface area contributed by atoms with Gasteiger partial charge in [0.25, 0.3) is 0 Å². The summed E-state index contributed by atoms with van der Waals surface area (Å²) in [6.07, 6.45) is 1.88. The Labute approximate surface area is 144 Å². The van der Waals surface area contributed by atoms with Crippen LogP contribution in [-0.4, -0.2) is 46.3 Å². The minimum atomic E-state index is 0.115. The second-order valence-electron chi connectivity index (χ2n) is 6.10. The lowest BCUT2D eigenvalue weighted by atomic mass is 10.2. The van der Waals surface area contributed by atoms with Crippen molar-refractivity contribution in [3.8, 4) is 0 Å². The van der Waals surface area contributed by atoms with Crippen molar-refractivity contribution >= 4 is 17.4 Å². The fourth-order valence-corrected chi connectivity index (χ4v) is 3.11. The van der Waals surface area contributed by atoms with Gasteiger partial charge in [-0.05, 0) is 25.5 Å². The maximum atomic E-state index is 11.7. The van der Waals surface area contributed by atoms with Crippen molar-refractivity contribution in [2.24, 2.45) is 7.05 Å². The molecule has 2 heterocycles. The first-order valence-corrected chi connectivity index (χ1v) is 8.37. The van der Waals surface area contributed by atoms with E-state index < -0.39 is 0 Å². The van der Waals surface area contributed by atoms with Gasteiger partial charge in [0.1, 0.15) is 0 Å².